The van der Waals surface area contributed by atoms with Crippen LogP contribution in [0.5, 0.6) is 0 Å². The predicted molar refractivity (Wildman–Crippen MR) is 90.3 cm³/mol. The Bertz CT molecular complexity index is 532. The number of hydrogen-bond acceptors (Lipinski definition) is 3. The average molecular weight is 317 g/mol. The molecule has 0 aromatic heterocycles. The summed E-state index contributed by atoms with van der Waals surface area (Å²) in [5, 5.41) is 0. The molecule has 1 aliphatic carbocycles. The van der Waals surface area contributed by atoms with Gasteiger partial charge < -0.3 is 9.64 Å². The van der Waals surface area contributed by atoms with E-state index in [2.05, 4.69) is 0 Å². The lowest BCUT2D eigenvalue weighted by atomic mass is 9.93. The van der Waals surface area contributed by atoms with E-state index in [4.69, 9.17) is 4.74 Å². The van der Waals surface area contributed by atoms with Crippen molar-refractivity contribution in [3.8, 4) is 0 Å². The monoisotopic (exact) mass is 317 g/mol. The van der Waals surface area contributed by atoms with Crippen LogP contribution in [-0.4, -0.2) is 36.5 Å². The first-order valence-corrected chi connectivity index (χ1v) is 8.48. The number of rotatable bonds is 5. The summed E-state index contributed by atoms with van der Waals surface area (Å²) >= 11 is 0. The molecule has 0 aliphatic heterocycles. The molecule has 126 valence electrons. The van der Waals surface area contributed by atoms with Gasteiger partial charge in [-0.05, 0) is 31.9 Å². The van der Waals surface area contributed by atoms with Gasteiger partial charge in [0.05, 0.1) is 13.0 Å². The van der Waals surface area contributed by atoms with Crippen molar-refractivity contribution in [2.24, 2.45) is 5.92 Å². The molecular weight excluding hydrogens is 290 g/mol. The summed E-state index contributed by atoms with van der Waals surface area (Å²) in [6, 6.07) is 7.88. The fraction of sp³-hybridized carbons (Fsp3) is 0.579. The van der Waals surface area contributed by atoms with Crippen LogP contribution < -0.4 is 0 Å². The summed E-state index contributed by atoms with van der Waals surface area (Å²) in [5.74, 6) is -0.550. The Hall–Kier alpha value is -1.84. The Morgan fingerprint density at radius 2 is 1.78 bits per heavy atom. The van der Waals surface area contributed by atoms with Crippen molar-refractivity contribution in [2.75, 3.05) is 13.7 Å². The third kappa shape index (κ3) is 4.57. The maximum atomic E-state index is 13.0. The quantitative estimate of drug-likeness (QED) is 0.780. The molecule has 4 heteroatoms. The highest BCUT2D eigenvalue weighted by atomic mass is 16.5. The number of esters is 1. The van der Waals surface area contributed by atoms with Gasteiger partial charge in [0.1, 0.15) is 0 Å². The summed E-state index contributed by atoms with van der Waals surface area (Å²) in [7, 11) is 1.39. The molecule has 4 nitrogen and oxygen atoms in total. The summed E-state index contributed by atoms with van der Waals surface area (Å²) in [5.41, 5.74) is 1.83. The number of aryl methyl sites for hydroxylation is 1. The first-order valence-electron chi connectivity index (χ1n) is 8.48. The van der Waals surface area contributed by atoms with Crippen LogP contribution in [0, 0.1) is 12.8 Å². The minimum Gasteiger partial charge on any atom is -0.469 e. The van der Waals surface area contributed by atoms with Crippen molar-refractivity contribution in [2.45, 2.75) is 52.0 Å². The zero-order valence-corrected chi connectivity index (χ0v) is 14.4. The van der Waals surface area contributed by atoms with E-state index in [0.29, 0.717) is 12.1 Å². The molecule has 1 fully saturated rings. The SMILES string of the molecule is COC(=O)C(C)CN(C(=O)c1ccc(C)cc1)C1CCCCC1. The second-order valence-electron chi connectivity index (χ2n) is 6.54. The van der Waals surface area contributed by atoms with Gasteiger partial charge in [0.2, 0.25) is 0 Å². The Morgan fingerprint density at radius 3 is 2.35 bits per heavy atom. The first-order chi connectivity index (χ1) is 11.0. The number of carbonyl (C=O) groups is 2. The van der Waals surface area contributed by atoms with Crippen LogP contribution >= 0.6 is 0 Å². The zero-order valence-electron chi connectivity index (χ0n) is 14.4. The first kappa shape index (κ1) is 17.5. The molecule has 1 saturated carbocycles. The van der Waals surface area contributed by atoms with Crippen molar-refractivity contribution in [1.29, 1.82) is 0 Å². The Labute approximate surface area is 138 Å². The minimum absolute atomic E-state index is 0.0210. The summed E-state index contributed by atoms with van der Waals surface area (Å²) in [6.07, 6.45) is 5.57. The summed E-state index contributed by atoms with van der Waals surface area (Å²) in [6.45, 7) is 4.25. The molecule has 0 spiro atoms. The summed E-state index contributed by atoms with van der Waals surface area (Å²) < 4.78 is 4.82. The second-order valence-corrected chi connectivity index (χ2v) is 6.54. The summed E-state index contributed by atoms with van der Waals surface area (Å²) in [4.78, 5) is 26.6. The Morgan fingerprint density at radius 1 is 1.17 bits per heavy atom. The van der Waals surface area contributed by atoms with Gasteiger partial charge >= 0.3 is 5.97 Å². The van der Waals surface area contributed by atoms with Crippen molar-refractivity contribution in [3.63, 3.8) is 0 Å². The Kier molecular flexibility index (Phi) is 6.20. The highest BCUT2D eigenvalue weighted by Gasteiger charge is 2.29. The smallest absolute Gasteiger partial charge is 0.310 e. The van der Waals surface area contributed by atoms with Gasteiger partial charge in [0, 0.05) is 18.2 Å². The fourth-order valence-corrected chi connectivity index (χ4v) is 3.22. The number of hydrogen-bond donors (Lipinski definition) is 0. The molecule has 1 atom stereocenters. The second kappa shape index (κ2) is 8.14. The van der Waals surface area contributed by atoms with Gasteiger partial charge in [0.25, 0.3) is 5.91 Å². The maximum Gasteiger partial charge on any atom is 0.310 e. The third-order valence-electron chi connectivity index (χ3n) is 4.65. The highest BCUT2D eigenvalue weighted by Crippen LogP contribution is 2.25. The van der Waals surface area contributed by atoms with Gasteiger partial charge in [-0.1, -0.05) is 43.9 Å². The van der Waals surface area contributed by atoms with E-state index >= 15 is 0 Å². The van der Waals surface area contributed by atoms with Crippen LogP contribution in [0.2, 0.25) is 0 Å². The van der Waals surface area contributed by atoms with Crippen LogP contribution in [0.15, 0.2) is 24.3 Å². The predicted octanol–water partition coefficient (Wildman–Crippen LogP) is 3.58. The molecule has 23 heavy (non-hydrogen) atoms. The molecule has 1 amide bonds. The lowest BCUT2D eigenvalue weighted by Crippen LogP contribution is -2.45. The van der Waals surface area contributed by atoms with E-state index in [-0.39, 0.29) is 23.8 Å². The van der Waals surface area contributed by atoms with Crippen molar-refractivity contribution < 1.29 is 14.3 Å². The van der Waals surface area contributed by atoms with Gasteiger partial charge in [-0.2, -0.15) is 0 Å². The molecule has 1 aromatic carbocycles. The Balaban J connectivity index is 2.19. The number of amides is 1. The molecule has 0 radical (unpaired) electrons. The highest BCUT2D eigenvalue weighted by molar-refractivity contribution is 5.94. The molecule has 1 unspecified atom stereocenters. The molecular formula is C19H27NO3. The van der Waals surface area contributed by atoms with Crippen LogP contribution in [0.25, 0.3) is 0 Å². The van der Waals surface area contributed by atoms with E-state index in [9.17, 15) is 9.59 Å². The maximum absolute atomic E-state index is 13.0. The number of nitrogens with zero attached hydrogens (tertiary/aromatic N) is 1. The van der Waals surface area contributed by atoms with Gasteiger partial charge in [-0.25, -0.2) is 0 Å². The van der Waals surface area contributed by atoms with E-state index < -0.39 is 0 Å². The molecule has 0 saturated heterocycles. The lowest BCUT2D eigenvalue weighted by molar-refractivity contribution is -0.145. The van der Waals surface area contributed by atoms with E-state index in [1.807, 2.05) is 43.0 Å². The third-order valence-corrected chi connectivity index (χ3v) is 4.65. The number of benzene rings is 1. The fourth-order valence-electron chi connectivity index (χ4n) is 3.22. The average Bonchev–Trinajstić information content (AvgIpc) is 2.59. The van der Waals surface area contributed by atoms with Crippen molar-refractivity contribution >= 4 is 11.9 Å². The van der Waals surface area contributed by atoms with E-state index in [0.717, 1.165) is 31.2 Å². The standard InChI is InChI=1S/C19H27NO3/c1-14-9-11-16(12-10-14)18(21)20(13-15(2)19(22)23-3)17-7-5-4-6-8-17/h9-12,15,17H,4-8,13H2,1-3H3. The van der Waals surface area contributed by atoms with E-state index in [1.165, 1.54) is 13.5 Å². The van der Waals surface area contributed by atoms with E-state index in [1.54, 1.807) is 0 Å². The molecule has 1 aromatic rings. The number of methoxy groups -OCH3 is 1. The lowest BCUT2D eigenvalue weighted by Gasteiger charge is -2.35. The van der Waals surface area contributed by atoms with Gasteiger partial charge in [-0.3, -0.25) is 9.59 Å². The minimum atomic E-state index is -0.309. The topological polar surface area (TPSA) is 46.6 Å². The van der Waals surface area contributed by atoms with Gasteiger partial charge in [0.15, 0.2) is 0 Å². The molecule has 0 N–H and O–H groups in total. The molecule has 0 heterocycles. The molecule has 1 aliphatic rings. The molecule has 2 rings (SSSR count). The number of ether oxygens (including phenoxy) is 1. The largest absolute Gasteiger partial charge is 0.469 e. The van der Waals surface area contributed by atoms with Crippen LogP contribution in [0.1, 0.15) is 54.9 Å². The van der Waals surface area contributed by atoms with Gasteiger partial charge in [-0.15, -0.1) is 0 Å². The van der Waals surface area contributed by atoms with Crippen LogP contribution in [0.4, 0.5) is 0 Å². The normalized spacial score (nSPS) is 16.7. The zero-order chi connectivity index (χ0) is 16.8. The van der Waals surface area contributed by atoms with Crippen molar-refractivity contribution in [1.82, 2.24) is 4.90 Å². The number of carbonyl (C=O) groups excluding carboxylic acids is 2. The van der Waals surface area contributed by atoms with Crippen LogP contribution in [0.3, 0.4) is 0 Å². The molecule has 0 bridgehead atoms. The van der Waals surface area contributed by atoms with Crippen molar-refractivity contribution in [3.05, 3.63) is 35.4 Å². The van der Waals surface area contributed by atoms with Crippen LogP contribution in [-0.2, 0) is 9.53 Å².